The van der Waals surface area contributed by atoms with Crippen LogP contribution in [0, 0.1) is 32.1 Å². The molecule has 27 heavy (non-hydrogen) atoms. The van der Waals surface area contributed by atoms with Crippen molar-refractivity contribution < 1.29 is 9.53 Å². The number of carbonyl (C=O) groups excluding carboxylic acids is 1. The normalized spacial score (nSPS) is 10.5. The monoisotopic (exact) mass is 368 g/mol. The van der Waals surface area contributed by atoms with Crippen molar-refractivity contribution in [2.75, 3.05) is 14.2 Å². The number of nitrogens with zero attached hydrogens (tertiary/aromatic N) is 4. The Balaban J connectivity index is 2.01. The third kappa shape index (κ3) is 5.10. The number of methoxy groups -OCH3 is 1. The van der Waals surface area contributed by atoms with Crippen molar-refractivity contribution in [1.82, 2.24) is 14.7 Å². The van der Waals surface area contributed by atoms with E-state index in [0.717, 1.165) is 33.8 Å². The first kappa shape index (κ1) is 20.5. The number of amides is 1. The first-order valence-corrected chi connectivity index (χ1v) is 9.14. The van der Waals surface area contributed by atoms with Crippen molar-refractivity contribution in [3.63, 3.8) is 0 Å². The standard InChI is InChI=1S/C21H28N4O2/c1-15-7-9-20(27-5)18(13-15)14-24(4)21(26)10-8-19-16(2)23-25(17(19)3)12-6-11-22/h7,9,13H,6,8,10,12,14H2,1-5H3. The van der Waals surface area contributed by atoms with Crippen LogP contribution in [0.25, 0.3) is 0 Å². The Bertz CT molecular complexity index is 849. The molecule has 0 aliphatic heterocycles. The minimum Gasteiger partial charge on any atom is -0.496 e. The van der Waals surface area contributed by atoms with Crippen molar-refractivity contribution in [1.29, 1.82) is 5.26 Å². The molecular formula is C21H28N4O2. The summed E-state index contributed by atoms with van der Waals surface area (Å²) in [6.45, 7) is 7.09. The van der Waals surface area contributed by atoms with E-state index in [1.54, 1.807) is 12.0 Å². The topological polar surface area (TPSA) is 71.2 Å². The van der Waals surface area contributed by atoms with Crippen molar-refractivity contribution in [2.24, 2.45) is 0 Å². The average Bonchev–Trinajstić information content (AvgIpc) is 2.91. The van der Waals surface area contributed by atoms with E-state index in [2.05, 4.69) is 17.2 Å². The van der Waals surface area contributed by atoms with Gasteiger partial charge in [-0.25, -0.2) is 0 Å². The van der Waals surface area contributed by atoms with Crippen LogP contribution in [0.3, 0.4) is 0 Å². The molecule has 0 aliphatic carbocycles. The summed E-state index contributed by atoms with van der Waals surface area (Å²) in [4.78, 5) is 14.4. The summed E-state index contributed by atoms with van der Waals surface area (Å²) in [6.07, 6.45) is 1.51. The van der Waals surface area contributed by atoms with Gasteiger partial charge in [-0.3, -0.25) is 9.48 Å². The summed E-state index contributed by atoms with van der Waals surface area (Å²) in [5, 5.41) is 13.3. The Labute approximate surface area is 161 Å². The maximum Gasteiger partial charge on any atom is 0.222 e. The van der Waals surface area contributed by atoms with E-state index in [-0.39, 0.29) is 5.91 Å². The highest BCUT2D eigenvalue weighted by atomic mass is 16.5. The summed E-state index contributed by atoms with van der Waals surface area (Å²) in [5.74, 6) is 0.882. The van der Waals surface area contributed by atoms with Gasteiger partial charge in [-0.2, -0.15) is 10.4 Å². The zero-order chi connectivity index (χ0) is 20.0. The van der Waals surface area contributed by atoms with Crippen LogP contribution in [-0.2, 0) is 24.3 Å². The fourth-order valence-electron chi connectivity index (χ4n) is 3.27. The zero-order valence-electron chi connectivity index (χ0n) is 16.9. The van der Waals surface area contributed by atoms with Crippen molar-refractivity contribution >= 4 is 5.91 Å². The third-order valence-electron chi connectivity index (χ3n) is 4.82. The summed E-state index contributed by atoms with van der Waals surface area (Å²) in [7, 11) is 3.46. The molecule has 0 radical (unpaired) electrons. The van der Waals surface area contributed by atoms with Crippen molar-refractivity contribution in [3.8, 4) is 11.8 Å². The van der Waals surface area contributed by atoms with Gasteiger partial charge in [-0.05, 0) is 38.8 Å². The van der Waals surface area contributed by atoms with Crippen molar-refractivity contribution in [2.45, 2.75) is 53.1 Å². The highest BCUT2D eigenvalue weighted by Gasteiger charge is 2.16. The molecule has 1 amide bonds. The smallest absolute Gasteiger partial charge is 0.222 e. The molecule has 1 aromatic heterocycles. The molecule has 6 heteroatoms. The molecule has 0 N–H and O–H groups in total. The van der Waals surface area contributed by atoms with Crippen LogP contribution in [0.15, 0.2) is 18.2 Å². The van der Waals surface area contributed by atoms with Gasteiger partial charge >= 0.3 is 0 Å². The fraction of sp³-hybridized carbons (Fsp3) is 0.476. The number of aryl methyl sites for hydroxylation is 3. The van der Waals surface area contributed by atoms with Gasteiger partial charge in [-0.1, -0.05) is 17.7 Å². The van der Waals surface area contributed by atoms with Gasteiger partial charge in [0.15, 0.2) is 0 Å². The van der Waals surface area contributed by atoms with Crippen LogP contribution < -0.4 is 4.74 Å². The van der Waals surface area contributed by atoms with Crippen LogP contribution >= 0.6 is 0 Å². The average molecular weight is 368 g/mol. The fourth-order valence-corrected chi connectivity index (χ4v) is 3.27. The Kier molecular flexibility index (Phi) is 7.00. The maximum absolute atomic E-state index is 12.6. The van der Waals surface area contributed by atoms with Gasteiger partial charge in [-0.15, -0.1) is 0 Å². The van der Waals surface area contributed by atoms with Crippen LogP contribution in [0.4, 0.5) is 0 Å². The Morgan fingerprint density at radius 1 is 1.33 bits per heavy atom. The van der Waals surface area contributed by atoms with E-state index < -0.39 is 0 Å². The molecule has 2 aromatic rings. The summed E-state index contributed by atoms with van der Waals surface area (Å²) in [6, 6.07) is 8.13. The van der Waals surface area contributed by atoms with Gasteiger partial charge in [0.05, 0.1) is 31.8 Å². The second-order valence-electron chi connectivity index (χ2n) is 6.85. The molecule has 0 aliphatic rings. The third-order valence-corrected chi connectivity index (χ3v) is 4.82. The molecule has 1 heterocycles. The number of ether oxygens (including phenoxy) is 1. The van der Waals surface area contributed by atoms with Gasteiger partial charge < -0.3 is 9.64 Å². The number of carbonyl (C=O) groups is 1. The number of nitriles is 1. The summed E-state index contributed by atoms with van der Waals surface area (Å²) >= 11 is 0. The lowest BCUT2D eigenvalue weighted by Gasteiger charge is -2.19. The van der Waals surface area contributed by atoms with Crippen LogP contribution in [0.2, 0.25) is 0 Å². The molecule has 0 spiro atoms. The van der Waals surface area contributed by atoms with Gasteiger partial charge in [0.1, 0.15) is 5.75 Å². The first-order chi connectivity index (χ1) is 12.9. The molecule has 144 valence electrons. The number of hydrogen-bond acceptors (Lipinski definition) is 4. The SMILES string of the molecule is COc1ccc(C)cc1CN(C)C(=O)CCc1c(C)nn(CCC#N)c1C. The molecule has 0 atom stereocenters. The Morgan fingerprint density at radius 2 is 2.07 bits per heavy atom. The molecule has 0 saturated carbocycles. The predicted molar refractivity (Wildman–Crippen MR) is 104 cm³/mol. The van der Waals surface area contributed by atoms with E-state index >= 15 is 0 Å². The lowest BCUT2D eigenvalue weighted by Crippen LogP contribution is -2.26. The van der Waals surface area contributed by atoms with E-state index in [4.69, 9.17) is 10.00 Å². The molecule has 1 aromatic carbocycles. The lowest BCUT2D eigenvalue weighted by atomic mass is 10.1. The van der Waals surface area contributed by atoms with E-state index in [9.17, 15) is 4.79 Å². The van der Waals surface area contributed by atoms with Crippen LogP contribution in [0.1, 0.15) is 40.9 Å². The van der Waals surface area contributed by atoms with Gasteiger partial charge in [0.2, 0.25) is 5.91 Å². The highest BCUT2D eigenvalue weighted by molar-refractivity contribution is 5.76. The van der Waals surface area contributed by atoms with E-state index in [1.165, 1.54) is 0 Å². The van der Waals surface area contributed by atoms with Gasteiger partial charge in [0, 0.05) is 31.3 Å². The maximum atomic E-state index is 12.6. The molecular weight excluding hydrogens is 340 g/mol. The Morgan fingerprint density at radius 3 is 2.74 bits per heavy atom. The van der Waals surface area contributed by atoms with E-state index in [1.807, 2.05) is 44.6 Å². The van der Waals surface area contributed by atoms with Gasteiger partial charge in [0.25, 0.3) is 0 Å². The van der Waals surface area contributed by atoms with Crippen LogP contribution in [0.5, 0.6) is 5.75 Å². The van der Waals surface area contributed by atoms with Crippen LogP contribution in [-0.4, -0.2) is 34.7 Å². The highest BCUT2D eigenvalue weighted by Crippen LogP contribution is 2.22. The zero-order valence-corrected chi connectivity index (χ0v) is 16.9. The Hall–Kier alpha value is -2.81. The predicted octanol–water partition coefficient (Wildman–Crippen LogP) is 3.32. The van der Waals surface area contributed by atoms with Crippen molar-refractivity contribution in [3.05, 3.63) is 46.3 Å². The largest absolute Gasteiger partial charge is 0.496 e. The molecule has 0 saturated heterocycles. The lowest BCUT2D eigenvalue weighted by molar-refractivity contribution is -0.130. The quantitative estimate of drug-likeness (QED) is 0.717. The second kappa shape index (κ2) is 9.22. The summed E-state index contributed by atoms with van der Waals surface area (Å²) < 4.78 is 7.27. The number of aromatic nitrogens is 2. The number of hydrogen-bond donors (Lipinski definition) is 0. The molecule has 0 unspecified atom stereocenters. The molecule has 0 bridgehead atoms. The molecule has 6 nitrogen and oxygen atoms in total. The summed E-state index contributed by atoms with van der Waals surface area (Å²) in [5.41, 5.74) is 5.22. The minimum atomic E-state index is 0.0853. The number of rotatable bonds is 8. The molecule has 0 fully saturated rings. The first-order valence-electron chi connectivity index (χ1n) is 9.14. The van der Waals surface area contributed by atoms with E-state index in [0.29, 0.717) is 32.4 Å². The number of benzene rings is 1. The minimum absolute atomic E-state index is 0.0853. The second-order valence-corrected chi connectivity index (χ2v) is 6.85. The molecule has 2 rings (SSSR count).